The van der Waals surface area contributed by atoms with E-state index < -0.39 is 0 Å². The van der Waals surface area contributed by atoms with Gasteiger partial charge in [0.05, 0.1) is 6.54 Å². The number of H-pyrrole nitrogens is 1. The SMILES string of the molecule is CCNC(=NCc1cccc(-c2ncn[nH]2)c1)N1CCC(CC(=O)NC)CC1.I. The van der Waals surface area contributed by atoms with Crippen molar-refractivity contribution in [1.82, 2.24) is 30.7 Å². The van der Waals surface area contributed by atoms with Gasteiger partial charge in [0.15, 0.2) is 11.8 Å². The van der Waals surface area contributed by atoms with Crippen LogP contribution in [0.2, 0.25) is 0 Å². The van der Waals surface area contributed by atoms with Gasteiger partial charge in [-0.3, -0.25) is 9.89 Å². The molecule has 1 aromatic heterocycles. The molecule has 0 spiro atoms. The van der Waals surface area contributed by atoms with Gasteiger partial charge in [-0.1, -0.05) is 18.2 Å². The van der Waals surface area contributed by atoms with Crippen molar-refractivity contribution in [2.45, 2.75) is 32.7 Å². The van der Waals surface area contributed by atoms with E-state index in [0.717, 1.165) is 55.4 Å². The molecule has 0 saturated carbocycles. The van der Waals surface area contributed by atoms with Crippen LogP contribution in [-0.4, -0.2) is 58.6 Å². The average molecular weight is 511 g/mol. The molecule has 2 heterocycles. The molecule has 1 aliphatic heterocycles. The number of rotatable bonds is 6. The molecule has 3 rings (SSSR count). The number of halogens is 1. The first kappa shape index (κ1) is 23.1. The molecule has 1 saturated heterocycles. The van der Waals surface area contributed by atoms with Gasteiger partial charge >= 0.3 is 0 Å². The van der Waals surface area contributed by atoms with Gasteiger partial charge in [-0.05, 0) is 37.3 Å². The van der Waals surface area contributed by atoms with Crippen molar-refractivity contribution in [3.63, 3.8) is 0 Å². The van der Waals surface area contributed by atoms with Crippen LogP contribution in [0, 0.1) is 5.92 Å². The number of nitrogens with zero attached hydrogens (tertiary/aromatic N) is 4. The summed E-state index contributed by atoms with van der Waals surface area (Å²) in [6.07, 6.45) is 4.15. The minimum absolute atomic E-state index is 0. The second-order valence-electron chi connectivity index (χ2n) is 7.01. The summed E-state index contributed by atoms with van der Waals surface area (Å²) in [5.41, 5.74) is 2.13. The highest BCUT2D eigenvalue weighted by Crippen LogP contribution is 2.21. The number of guanidine groups is 1. The number of amides is 1. The normalized spacial score (nSPS) is 15.0. The van der Waals surface area contributed by atoms with Crippen LogP contribution in [-0.2, 0) is 11.3 Å². The molecule has 3 N–H and O–H groups in total. The summed E-state index contributed by atoms with van der Waals surface area (Å²) in [7, 11) is 1.70. The highest BCUT2D eigenvalue weighted by atomic mass is 127. The maximum Gasteiger partial charge on any atom is 0.220 e. The smallest absolute Gasteiger partial charge is 0.220 e. The molecular weight excluding hydrogens is 481 g/mol. The number of benzene rings is 1. The molecule has 1 fully saturated rings. The maximum atomic E-state index is 11.6. The van der Waals surface area contributed by atoms with E-state index in [2.05, 4.69) is 49.8 Å². The summed E-state index contributed by atoms with van der Waals surface area (Å²) in [5, 5.41) is 12.9. The van der Waals surface area contributed by atoms with Crippen LogP contribution in [0.25, 0.3) is 11.4 Å². The van der Waals surface area contributed by atoms with Gasteiger partial charge in [0.25, 0.3) is 0 Å². The van der Waals surface area contributed by atoms with Crippen molar-refractivity contribution in [3.05, 3.63) is 36.2 Å². The van der Waals surface area contributed by atoms with Crippen LogP contribution in [0.4, 0.5) is 0 Å². The van der Waals surface area contributed by atoms with Crippen LogP contribution in [0.1, 0.15) is 31.7 Å². The van der Waals surface area contributed by atoms with Gasteiger partial charge in [0.2, 0.25) is 5.91 Å². The third-order valence-corrected chi connectivity index (χ3v) is 5.03. The Morgan fingerprint density at radius 2 is 2.14 bits per heavy atom. The summed E-state index contributed by atoms with van der Waals surface area (Å²) < 4.78 is 0. The van der Waals surface area contributed by atoms with E-state index in [4.69, 9.17) is 4.99 Å². The molecule has 0 aliphatic carbocycles. The largest absolute Gasteiger partial charge is 0.359 e. The summed E-state index contributed by atoms with van der Waals surface area (Å²) >= 11 is 0. The molecule has 0 atom stereocenters. The van der Waals surface area contributed by atoms with Crippen molar-refractivity contribution < 1.29 is 4.79 Å². The molecule has 1 amide bonds. The third kappa shape index (κ3) is 6.69. The van der Waals surface area contributed by atoms with Crippen LogP contribution < -0.4 is 10.6 Å². The van der Waals surface area contributed by atoms with E-state index >= 15 is 0 Å². The van der Waals surface area contributed by atoms with Crippen molar-refractivity contribution in [1.29, 1.82) is 0 Å². The Kier molecular flexibility index (Phi) is 9.36. The second kappa shape index (κ2) is 11.7. The fourth-order valence-corrected chi connectivity index (χ4v) is 3.47. The van der Waals surface area contributed by atoms with Gasteiger partial charge in [-0.15, -0.1) is 24.0 Å². The molecule has 8 nitrogen and oxygen atoms in total. The number of aromatic nitrogens is 3. The van der Waals surface area contributed by atoms with E-state index in [0.29, 0.717) is 18.9 Å². The number of likely N-dealkylation sites (tertiary alicyclic amines) is 1. The molecule has 2 aromatic rings. The lowest BCUT2D eigenvalue weighted by atomic mass is 9.93. The highest BCUT2D eigenvalue weighted by molar-refractivity contribution is 14.0. The van der Waals surface area contributed by atoms with E-state index in [9.17, 15) is 4.79 Å². The fraction of sp³-hybridized carbons (Fsp3) is 0.500. The van der Waals surface area contributed by atoms with Crippen LogP contribution in [0.15, 0.2) is 35.6 Å². The fourth-order valence-electron chi connectivity index (χ4n) is 3.47. The monoisotopic (exact) mass is 511 g/mol. The lowest BCUT2D eigenvalue weighted by molar-refractivity contribution is -0.121. The number of aromatic amines is 1. The molecular formula is C20H30IN7O. The number of hydrogen-bond donors (Lipinski definition) is 3. The first-order valence-corrected chi connectivity index (χ1v) is 9.88. The van der Waals surface area contributed by atoms with E-state index in [1.54, 1.807) is 7.05 Å². The number of aliphatic imine (C=N–C) groups is 1. The van der Waals surface area contributed by atoms with Crippen LogP contribution in [0.3, 0.4) is 0 Å². The van der Waals surface area contributed by atoms with Crippen molar-refractivity contribution >= 4 is 35.8 Å². The zero-order valence-corrected chi connectivity index (χ0v) is 19.3. The third-order valence-electron chi connectivity index (χ3n) is 5.03. The van der Waals surface area contributed by atoms with Gasteiger partial charge in [0.1, 0.15) is 6.33 Å². The zero-order valence-electron chi connectivity index (χ0n) is 17.0. The van der Waals surface area contributed by atoms with Gasteiger partial charge < -0.3 is 15.5 Å². The van der Waals surface area contributed by atoms with Crippen molar-refractivity contribution in [2.75, 3.05) is 26.7 Å². The Morgan fingerprint density at radius 1 is 1.34 bits per heavy atom. The Morgan fingerprint density at radius 3 is 2.79 bits per heavy atom. The van der Waals surface area contributed by atoms with Crippen LogP contribution in [0.5, 0.6) is 0 Å². The number of piperidine rings is 1. The highest BCUT2D eigenvalue weighted by Gasteiger charge is 2.23. The molecule has 29 heavy (non-hydrogen) atoms. The molecule has 9 heteroatoms. The molecule has 158 valence electrons. The van der Waals surface area contributed by atoms with E-state index in [1.165, 1.54) is 6.33 Å². The van der Waals surface area contributed by atoms with Crippen molar-refractivity contribution in [3.8, 4) is 11.4 Å². The number of nitrogens with one attached hydrogen (secondary N) is 3. The molecule has 0 unspecified atom stereocenters. The summed E-state index contributed by atoms with van der Waals surface area (Å²) in [4.78, 5) is 22.9. The minimum Gasteiger partial charge on any atom is -0.359 e. The Balaban J connectivity index is 0.00000300. The molecule has 0 radical (unpaired) electrons. The summed E-state index contributed by atoms with van der Waals surface area (Å²) in [6.45, 7) is 5.35. The first-order chi connectivity index (χ1) is 13.7. The van der Waals surface area contributed by atoms with Gasteiger partial charge in [-0.25, -0.2) is 9.98 Å². The lowest BCUT2D eigenvalue weighted by Gasteiger charge is -2.34. The quantitative estimate of drug-likeness (QED) is 0.315. The number of carbonyl (C=O) groups excluding carboxylic acids is 1. The lowest BCUT2D eigenvalue weighted by Crippen LogP contribution is -2.46. The average Bonchev–Trinajstić information content (AvgIpc) is 3.27. The Bertz CT molecular complexity index is 786. The molecule has 1 aromatic carbocycles. The van der Waals surface area contributed by atoms with E-state index in [-0.39, 0.29) is 29.9 Å². The predicted molar refractivity (Wildman–Crippen MR) is 125 cm³/mol. The van der Waals surface area contributed by atoms with Crippen LogP contribution >= 0.6 is 24.0 Å². The standard InChI is InChI=1S/C20H29N7O.HI/c1-3-22-20(27-9-7-15(8-10-27)12-18(28)21-2)23-13-16-5-4-6-17(11-16)19-24-14-25-26-19;/h4-6,11,14-15H,3,7-10,12-13H2,1-2H3,(H,21,28)(H,22,23)(H,24,25,26);1H. The van der Waals surface area contributed by atoms with Gasteiger partial charge in [-0.2, -0.15) is 5.10 Å². The predicted octanol–water partition coefficient (Wildman–Crippen LogP) is 2.40. The topological polar surface area (TPSA) is 98.3 Å². The molecule has 0 bridgehead atoms. The summed E-state index contributed by atoms with van der Waals surface area (Å²) in [5.74, 6) is 2.28. The maximum absolute atomic E-state index is 11.6. The Hall–Kier alpha value is -2.17. The van der Waals surface area contributed by atoms with Gasteiger partial charge in [0, 0.05) is 38.7 Å². The number of carbonyl (C=O) groups is 1. The van der Waals surface area contributed by atoms with E-state index in [1.807, 2.05) is 12.1 Å². The summed E-state index contributed by atoms with van der Waals surface area (Å²) in [6, 6.07) is 8.18. The Labute approximate surface area is 189 Å². The molecule has 1 aliphatic rings. The minimum atomic E-state index is 0. The second-order valence-corrected chi connectivity index (χ2v) is 7.01. The number of hydrogen-bond acceptors (Lipinski definition) is 4. The van der Waals surface area contributed by atoms with Crippen molar-refractivity contribution in [2.24, 2.45) is 10.9 Å². The first-order valence-electron chi connectivity index (χ1n) is 9.88. The zero-order chi connectivity index (χ0) is 19.8.